The molecule has 9 heteroatoms. The van der Waals surface area contributed by atoms with Crippen molar-refractivity contribution in [1.82, 2.24) is 5.32 Å². The summed E-state index contributed by atoms with van der Waals surface area (Å²) in [5.74, 6) is -1.61. The highest BCUT2D eigenvalue weighted by Crippen LogP contribution is 2.36. The van der Waals surface area contributed by atoms with Gasteiger partial charge in [-0.15, -0.1) is 0 Å². The van der Waals surface area contributed by atoms with Gasteiger partial charge in [-0.05, 0) is 42.5 Å². The summed E-state index contributed by atoms with van der Waals surface area (Å²) in [6.07, 6.45) is -4.28. The third kappa shape index (κ3) is 5.30. The van der Waals surface area contributed by atoms with Gasteiger partial charge in [0, 0.05) is 9.86 Å². The zero-order valence-corrected chi connectivity index (χ0v) is 19.4. The van der Waals surface area contributed by atoms with Gasteiger partial charge in [-0.2, -0.15) is 13.2 Å². The molecule has 0 heterocycles. The lowest BCUT2D eigenvalue weighted by molar-refractivity contribution is -0.144. The van der Waals surface area contributed by atoms with Crippen molar-refractivity contribution in [2.24, 2.45) is 0 Å². The van der Waals surface area contributed by atoms with Crippen LogP contribution < -0.4 is 10.1 Å². The van der Waals surface area contributed by atoms with Gasteiger partial charge in [0.05, 0.1) is 11.1 Å². The number of alkyl halides is 3. The highest BCUT2D eigenvalue weighted by atomic mass is 79.9. The van der Waals surface area contributed by atoms with Crippen molar-refractivity contribution < 1.29 is 32.6 Å². The van der Waals surface area contributed by atoms with Crippen LogP contribution >= 0.6 is 15.9 Å². The predicted molar refractivity (Wildman–Crippen MR) is 121 cm³/mol. The largest absolute Gasteiger partial charge is 0.487 e. The van der Waals surface area contributed by atoms with E-state index in [2.05, 4.69) is 21.2 Å². The van der Waals surface area contributed by atoms with Gasteiger partial charge >= 0.3 is 12.1 Å². The number of rotatable bonds is 7. The number of hydrogen-bond acceptors (Lipinski definition) is 3. The Balaban J connectivity index is 1.99. The van der Waals surface area contributed by atoms with Crippen LogP contribution in [0.3, 0.4) is 0 Å². The van der Waals surface area contributed by atoms with Crippen LogP contribution in [0.5, 0.6) is 5.75 Å². The molecule has 0 aliphatic carbocycles. The lowest BCUT2D eigenvalue weighted by atomic mass is 9.97. The van der Waals surface area contributed by atoms with E-state index in [9.17, 15) is 27.9 Å². The number of carboxylic acids is 1. The molecule has 1 unspecified atom stereocenters. The average molecular weight is 524 g/mol. The maximum atomic E-state index is 13.1. The molecule has 33 heavy (non-hydrogen) atoms. The first-order valence-corrected chi connectivity index (χ1v) is 10.8. The van der Waals surface area contributed by atoms with Crippen molar-refractivity contribution in [3.05, 3.63) is 75.8 Å². The first-order chi connectivity index (χ1) is 15.5. The van der Waals surface area contributed by atoms with E-state index in [4.69, 9.17) is 4.74 Å². The second-order valence-corrected chi connectivity index (χ2v) is 8.56. The molecule has 0 saturated heterocycles. The van der Waals surface area contributed by atoms with Crippen LogP contribution in [-0.4, -0.2) is 22.5 Å². The normalized spacial score (nSPS) is 13.4. The first-order valence-electron chi connectivity index (χ1n) is 10.0. The molecular formula is C24H21BrF3NO4. The van der Waals surface area contributed by atoms with Crippen molar-refractivity contribution in [3.63, 3.8) is 0 Å². The fourth-order valence-electron chi connectivity index (χ4n) is 3.19. The van der Waals surface area contributed by atoms with Crippen molar-refractivity contribution in [2.75, 3.05) is 0 Å². The maximum absolute atomic E-state index is 13.1. The Morgan fingerprint density at radius 1 is 1.06 bits per heavy atom. The van der Waals surface area contributed by atoms with Crippen LogP contribution in [0.25, 0.3) is 10.8 Å². The van der Waals surface area contributed by atoms with E-state index in [1.54, 1.807) is 19.1 Å². The van der Waals surface area contributed by atoms with Crippen LogP contribution in [0.15, 0.2) is 59.1 Å². The lowest BCUT2D eigenvalue weighted by Crippen LogP contribution is -2.51. The molecule has 0 radical (unpaired) electrons. The average Bonchev–Trinajstić information content (AvgIpc) is 2.77. The Morgan fingerprint density at radius 2 is 1.67 bits per heavy atom. The molecule has 1 amide bonds. The number of halogens is 4. The summed E-state index contributed by atoms with van der Waals surface area (Å²) in [5, 5.41) is 13.4. The van der Waals surface area contributed by atoms with E-state index >= 15 is 0 Å². The van der Waals surface area contributed by atoms with Gasteiger partial charge in [0.1, 0.15) is 17.9 Å². The monoisotopic (exact) mass is 523 g/mol. The quantitative estimate of drug-likeness (QED) is 0.387. The number of nitrogens with one attached hydrogen (secondary N) is 1. The molecule has 3 rings (SSSR count). The molecule has 0 aliphatic heterocycles. The third-order valence-electron chi connectivity index (χ3n) is 5.42. The van der Waals surface area contributed by atoms with Gasteiger partial charge in [-0.3, -0.25) is 4.79 Å². The van der Waals surface area contributed by atoms with Gasteiger partial charge in [-0.25, -0.2) is 4.79 Å². The Labute approximate surface area is 196 Å². The molecule has 0 aliphatic rings. The molecule has 0 fully saturated rings. The molecule has 2 N–H and O–H groups in total. The predicted octanol–water partition coefficient (Wildman–Crippen LogP) is 6.18. The van der Waals surface area contributed by atoms with E-state index < -0.39 is 29.2 Å². The molecule has 0 spiro atoms. The molecular weight excluding hydrogens is 503 g/mol. The number of hydrogen-bond donors (Lipinski definition) is 2. The maximum Gasteiger partial charge on any atom is 0.416 e. The van der Waals surface area contributed by atoms with Crippen LogP contribution in [0.4, 0.5) is 13.2 Å². The van der Waals surface area contributed by atoms with Crippen molar-refractivity contribution in [1.29, 1.82) is 0 Å². The fraction of sp³-hybridized carbons (Fsp3) is 0.250. The first kappa shape index (κ1) is 24.6. The highest BCUT2D eigenvalue weighted by Gasteiger charge is 2.34. The van der Waals surface area contributed by atoms with Crippen molar-refractivity contribution >= 4 is 38.6 Å². The lowest BCUT2D eigenvalue weighted by Gasteiger charge is -2.25. The molecule has 3 aromatic rings. The fourth-order valence-corrected chi connectivity index (χ4v) is 3.76. The Morgan fingerprint density at radius 3 is 2.21 bits per heavy atom. The minimum absolute atomic E-state index is 0.0893. The number of carboxylic acid groups (broad SMARTS) is 1. The molecule has 1 atom stereocenters. The number of amides is 1. The SMILES string of the molecule is CCC(C)(NC(=O)c1cc(Br)c2ccccc2c1OCc1ccc(C(F)(F)F)cc1)C(=O)O. The molecule has 0 bridgehead atoms. The standard InChI is InChI=1S/C24H21BrF3NO4/c1-3-23(2,22(31)32)29-21(30)18-12-19(25)16-6-4-5-7-17(16)20(18)33-13-14-8-10-15(11-9-14)24(26,27)28/h4-12H,3,13H2,1-2H3,(H,29,30)(H,31,32). The smallest absolute Gasteiger partial charge is 0.416 e. The molecule has 0 saturated carbocycles. The van der Waals surface area contributed by atoms with Crippen LogP contribution in [0, 0.1) is 0 Å². The summed E-state index contributed by atoms with van der Waals surface area (Å²) in [6.45, 7) is 2.97. The second-order valence-electron chi connectivity index (χ2n) is 7.71. The van der Waals surface area contributed by atoms with Gasteiger partial charge < -0.3 is 15.2 Å². The van der Waals surface area contributed by atoms with E-state index in [-0.39, 0.29) is 24.3 Å². The van der Waals surface area contributed by atoms with Gasteiger partial charge in [0.15, 0.2) is 0 Å². The van der Waals surface area contributed by atoms with Gasteiger partial charge in [-0.1, -0.05) is 59.3 Å². The van der Waals surface area contributed by atoms with Crippen molar-refractivity contribution in [3.8, 4) is 5.75 Å². The molecule has 3 aromatic carbocycles. The Hall–Kier alpha value is -3.07. The summed E-state index contributed by atoms with van der Waals surface area (Å²) in [4.78, 5) is 24.8. The summed E-state index contributed by atoms with van der Waals surface area (Å²) in [5.41, 5.74) is -1.67. The highest BCUT2D eigenvalue weighted by molar-refractivity contribution is 9.10. The molecule has 0 aromatic heterocycles. The third-order valence-corrected chi connectivity index (χ3v) is 6.08. The zero-order chi connectivity index (χ0) is 24.4. The van der Waals surface area contributed by atoms with E-state index in [1.165, 1.54) is 25.1 Å². The van der Waals surface area contributed by atoms with Crippen LogP contribution in [-0.2, 0) is 17.6 Å². The van der Waals surface area contributed by atoms with Crippen LogP contribution in [0.1, 0.15) is 41.8 Å². The van der Waals surface area contributed by atoms with Gasteiger partial charge in [0.2, 0.25) is 0 Å². The molecule has 5 nitrogen and oxygen atoms in total. The Bertz CT molecular complexity index is 1190. The number of fused-ring (bicyclic) bond motifs is 1. The van der Waals surface area contributed by atoms with E-state index in [1.807, 2.05) is 12.1 Å². The number of benzene rings is 3. The zero-order valence-electron chi connectivity index (χ0n) is 17.8. The number of ether oxygens (including phenoxy) is 1. The number of carbonyl (C=O) groups excluding carboxylic acids is 1. The Kier molecular flexibility index (Phi) is 7.02. The minimum Gasteiger partial charge on any atom is -0.487 e. The summed E-state index contributed by atoms with van der Waals surface area (Å²) in [7, 11) is 0. The van der Waals surface area contributed by atoms with Crippen LogP contribution in [0.2, 0.25) is 0 Å². The van der Waals surface area contributed by atoms with Crippen molar-refractivity contribution in [2.45, 2.75) is 38.6 Å². The number of aliphatic carboxylic acids is 1. The summed E-state index contributed by atoms with van der Waals surface area (Å²) >= 11 is 3.44. The summed E-state index contributed by atoms with van der Waals surface area (Å²) in [6, 6.07) is 13.2. The van der Waals surface area contributed by atoms with Gasteiger partial charge in [0.25, 0.3) is 5.91 Å². The van der Waals surface area contributed by atoms with E-state index in [0.717, 1.165) is 17.5 Å². The van der Waals surface area contributed by atoms with E-state index in [0.29, 0.717) is 15.4 Å². The minimum atomic E-state index is -4.44. The number of carbonyl (C=O) groups is 2. The molecule has 174 valence electrons. The second kappa shape index (κ2) is 9.43. The topological polar surface area (TPSA) is 75.6 Å². The summed E-state index contributed by atoms with van der Waals surface area (Å²) < 4.78 is 45.0.